The second-order valence-electron chi connectivity index (χ2n) is 6.60. The zero-order valence-electron chi connectivity index (χ0n) is 11.8. The van der Waals surface area contributed by atoms with Crippen molar-refractivity contribution < 1.29 is 19.4 Å². The average molecular weight is 282 g/mol. The van der Waals surface area contributed by atoms with E-state index in [1.54, 1.807) is 6.92 Å². The summed E-state index contributed by atoms with van der Waals surface area (Å²) in [6, 6.07) is -0.588. The van der Waals surface area contributed by atoms with Crippen molar-refractivity contribution in [3.63, 3.8) is 0 Å². The molecule has 2 amide bonds. The van der Waals surface area contributed by atoms with Crippen LogP contribution in [0.25, 0.3) is 0 Å². The molecule has 2 N–H and O–H groups in total. The van der Waals surface area contributed by atoms with Crippen molar-refractivity contribution in [1.29, 1.82) is 0 Å². The minimum atomic E-state index is -1.02. The van der Waals surface area contributed by atoms with E-state index in [0.717, 1.165) is 13.1 Å². The zero-order valence-corrected chi connectivity index (χ0v) is 11.8. The molecule has 1 aliphatic carbocycles. The number of hydrogen-bond acceptors (Lipinski definition) is 3. The molecule has 4 atom stereocenters. The number of fused-ring (bicyclic) bond motifs is 1. The molecule has 4 unspecified atom stereocenters. The Hall–Kier alpha value is -1.30. The van der Waals surface area contributed by atoms with Crippen LogP contribution in [0.1, 0.15) is 26.2 Å². The van der Waals surface area contributed by atoms with E-state index in [2.05, 4.69) is 5.32 Å². The Labute approximate surface area is 118 Å². The third-order valence-corrected chi connectivity index (χ3v) is 5.26. The van der Waals surface area contributed by atoms with Crippen molar-refractivity contribution in [3.8, 4) is 0 Å². The van der Waals surface area contributed by atoms with E-state index in [0.29, 0.717) is 11.8 Å². The number of ether oxygens (including phenoxy) is 1. The number of carboxylic acids is 1. The number of aliphatic carboxylic acids is 1. The summed E-state index contributed by atoms with van der Waals surface area (Å²) in [7, 11) is 0. The van der Waals surface area contributed by atoms with Crippen molar-refractivity contribution >= 4 is 12.0 Å². The van der Waals surface area contributed by atoms with Crippen LogP contribution in [0.4, 0.5) is 4.79 Å². The van der Waals surface area contributed by atoms with Gasteiger partial charge in [0.1, 0.15) is 5.41 Å². The van der Waals surface area contributed by atoms with Crippen LogP contribution in [0.5, 0.6) is 0 Å². The van der Waals surface area contributed by atoms with E-state index in [1.807, 2.05) is 4.90 Å². The second-order valence-corrected chi connectivity index (χ2v) is 6.60. The number of nitrogens with one attached hydrogen (secondary N) is 1. The van der Waals surface area contributed by atoms with Crippen LogP contribution in [-0.4, -0.2) is 54.4 Å². The minimum absolute atomic E-state index is 0.137. The molecule has 0 aromatic rings. The lowest BCUT2D eigenvalue weighted by molar-refractivity contribution is -0.148. The summed E-state index contributed by atoms with van der Waals surface area (Å²) in [5.41, 5.74) is -1.02. The Morgan fingerprint density at radius 1 is 1.30 bits per heavy atom. The molecular weight excluding hydrogens is 260 g/mol. The molecule has 0 aromatic carbocycles. The highest BCUT2D eigenvalue weighted by Crippen LogP contribution is 2.38. The van der Waals surface area contributed by atoms with Crippen LogP contribution in [0.3, 0.4) is 0 Å². The first kappa shape index (κ1) is 13.7. The van der Waals surface area contributed by atoms with Gasteiger partial charge in [0.25, 0.3) is 0 Å². The predicted octanol–water partition coefficient (Wildman–Crippen LogP) is 0.918. The first-order valence-electron chi connectivity index (χ1n) is 7.37. The highest BCUT2D eigenvalue weighted by Gasteiger charge is 2.48. The van der Waals surface area contributed by atoms with E-state index in [4.69, 9.17) is 4.74 Å². The highest BCUT2D eigenvalue weighted by atomic mass is 16.5. The number of likely N-dealkylation sites (tertiary alicyclic amines) is 1. The largest absolute Gasteiger partial charge is 0.481 e. The van der Waals surface area contributed by atoms with Crippen molar-refractivity contribution in [2.75, 3.05) is 26.3 Å². The Balaban J connectivity index is 1.60. The summed E-state index contributed by atoms with van der Waals surface area (Å²) >= 11 is 0. The van der Waals surface area contributed by atoms with Gasteiger partial charge in [0.2, 0.25) is 0 Å². The molecule has 0 radical (unpaired) electrons. The summed E-state index contributed by atoms with van der Waals surface area (Å²) in [6.45, 7) is 3.68. The molecule has 0 bridgehead atoms. The molecule has 1 saturated carbocycles. The van der Waals surface area contributed by atoms with Crippen molar-refractivity contribution in [3.05, 3.63) is 0 Å². The molecule has 3 fully saturated rings. The van der Waals surface area contributed by atoms with Gasteiger partial charge in [-0.05, 0) is 31.6 Å². The van der Waals surface area contributed by atoms with E-state index in [9.17, 15) is 14.7 Å². The molecule has 2 aliphatic heterocycles. The van der Waals surface area contributed by atoms with Crippen LogP contribution >= 0.6 is 0 Å². The lowest BCUT2D eigenvalue weighted by Crippen LogP contribution is -2.53. The number of rotatable bonds is 2. The van der Waals surface area contributed by atoms with Crippen molar-refractivity contribution in [1.82, 2.24) is 10.2 Å². The van der Waals surface area contributed by atoms with Crippen LogP contribution in [0, 0.1) is 17.3 Å². The maximum Gasteiger partial charge on any atom is 0.317 e. The Kier molecular flexibility index (Phi) is 3.36. The van der Waals surface area contributed by atoms with E-state index >= 15 is 0 Å². The van der Waals surface area contributed by atoms with Gasteiger partial charge in [-0.2, -0.15) is 0 Å². The molecule has 2 heterocycles. The maximum absolute atomic E-state index is 12.3. The van der Waals surface area contributed by atoms with Crippen LogP contribution < -0.4 is 5.32 Å². The Morgan fingerprint density at radius 3 is 2.55 bits per heavy atom. The lowest BCUT2D eigenvalue weighted by atomic mass is 9.85. The predicted molar refractivity (Wildman–Crippen MR) is 71.3 cm³/mol. The number of urea groups is 1. The van der Waals surface area contributed by atoms with E-state index < -0.39 is 17.4 Å². The van der Waals surface area contributed by atoms with Gasteiger partial charge >= 0.3 is 12.0 Å². The first-order valence-corrected chi connectivity index (χ1v) is 7.37. The Morgan fingerprint density at radius 2 is 1.95 bits per heavy atom. The van der Waals surface area contributed by atoms with Gasteiger partial charge in [-0.3, -0.25) is 4.79 Å². The average Bonchev–Trinajstić information content (AvgIpc) is 3.04. The van der Waals surface area contributed by atoms with Gasteiger partial charge in [0.05, 0.1) is 19.3 Å². The zero-order chi connectivity index (χ0) is 14.3. The fourth-order valence-electron chi connectivity index (χ4n) is 3.73. The first-order chi connectivity index (χ1) is 9.50. The fraction of sp³-hybridized carbons (Fsp3) is 0.857. The number of carbonyl (C=O) groups is 2. The maximum atomic E-state index is 12.3. The standard InChI is InChI=1S/C14H22N2O4/c1-14(12(17)18)8-20-7-11(14)15-13(19)16-5-9-3-2-4-10(9)6-16/h9-11H,2-8H2,1H3,(H,15,19)(H,17,18). The van der Waals surface area contributed by atoms with Crippen LogP contribution in [0.15, 0.2) is 0 Å². The van der Waals surface area contributed by atoms with Gasteiger partial charge in [0.15, 0.2) is 0 Å². The lowest BCUT2D eigenvalue weighted by Gasteiger charge is -2.28. The molecule has 0 aromatic heterocycles. The molecule has 112 valence electrons. The fourth-order valence-corrected chi connectivity index (χ4v) is 3.73. The number of hydrogen-bond donors (Lipinski definition) is 2. The van der Waals surface area contributed by atoms with Crippen molar-refractivity contribution in [2.24, 2.45) is 17.3 Å². The van der Waals surface area contributed by atoms with Crippen LogP contribution in [0.2, 0.25) is 0 Å². The second kappa shape index (κ2) is 4.91. The molecule has 20 heavy (non-hydrogen) atoms. The number of carboxylic acid groups (broad SMARTS) is 1. The molecule has 2 saturated heterocycles. The summed E-state index contributed by atoms with van der Waals surface area (Å²) in [5.74, 6) is 0.372. The molecule has 3 rings (SSSR count). The van der Waals surface area contributed by atoms with Crippen molar-refractivity contribution in [2.45, 2.75) is 32.2 Å². The summed E-state index contributed by atoms with van der Waals surface area (Å²) < 4.78 is 5.26. The van der Waals surface area contributed by atoms with Gasteiger partial charge in [-0.25, -0.2) is 4.79 Å². The summed E-state index contributed by atoms with van der Waals surface area (Å²) in [4.78, 5) is 25.5. The van der Waals surface area contributed by atoms with Gasteiger partial charge < -0.3 is 20.1 Å². The normalized spacial score (nSPS) is 39.9. The minimum Gasteiger partial charge on any atom is -0.481 e. The van der Waals surface area contributed by atoms with E-state index in [1.165, 1.54) is 19.3 Å². The van der Waals surface area contributed by atoms with Gasteiger partial charge in [-0.15, -0.1) is 0 Å². The smallest absolute Gasteiger partial charge is 0.317 e. The van der Waals surface area contributed by atoms with Gasteiger partial charge in [0, 0.05) is 13.1 Å². The number of carbonyl (C=O) groups excluding carboxylic acids is 1. The molecule has 6 nitrogen and oxygen atoms in total. The topological polar surface area (TPSA) is 78.9 Å². The summed E-state index contributed by atoms with van der Waals surface area (Å²) in [5, 5.41) is 12.2. The number of nitrogens with zero attached hydrogens (tertiary/aromatic N) is 1. The number of amides is 2. The molecular formula is C14H22N2O4. The monoisotopic (exact) mass is 282 g/mol. The SMILES string of the molecule is CC1(C(=O)O)COCC1NC(=O)N1CC2CCCC2C1. The Bertz CT molecular complexity index is 415. The molecule has 3 aliphatic rings. The van der Waals surface area contributed by atoms with E-state index in [-0.39, 0.29) is 19.2 Å². The third kappa shape index (κ3) is 2.16. The highest BCUT2D eigenvalue weighted by molar-refractivity contribution is 5.79. The quantitative estimate of drug-likeness (QED) is 0.789. The summed E-state index contributed by atoms with van der Waals surface area (Å²) in [6.07, 6.45) is 3.71. The molecule has 6 heteroatoms. The molecule has 0 spiro atoms. The third-order valence-electron chi connectivity index (χ3n) is 5.26. The van der Waals surface area contributed by atoms with Crippen LogP contribution in [-0.2, 0) is 9.53 Å². The van der Waals surface area contributed by atoms with Gasteiger partial charge in [-0.1, -0.05) is 6.42 Å².